The van der Waals surface area contributed by atoms with Gasteiger partial charge in [-0.2, -0.15) is 0 Å². The Morgan fingerprint density at radius 2 is 0.987 bits per heavy atom. The molecule has 17 heteroatoms. The number of nitrogens with zero attached hydrogens (tertiary/aromatic N) is 7. The van der Waals surface area contributed by atoms with Gasteiger partial charge in [0, 0.05) is 53.5 Å². The van der Waals surface area contributed by atoms with E-state index in [0.717, 1.165) is 35.6 Å². The highest BCUT2D eigenvalue weighted by Gasteiger charge is 2.42. The number of ether oxygens (including phenoxy) is 4. The van der Waals surface area contributed by atoms with E-state index in [9.17, 15) is 9.59 Å². The van der Waals surface area contributed by atoms with Crippen LogP contribution in [0.25, 0.3) is 22.1 Å². The number of hydrogen-bond acceptors (Lipinski definition) is 9. The van der Waals surface area contributed by atoms with Crippen molar-refractivity contribution in [3.8, 4) is 0 Å². The quantitative estimate of drug-likeness (QED) is 0.0945. The summed E-state index contributed by atoms with van der Waals surface area (Å²) in [6.45, 7) is 20.1. The topological polar surface area (TPSA) is 116 Å². The summed E-state index contributed by atoms with van der Waals surface area (Å²) in [6.07, 6.45) is 16.7. The molecule has 0 N–H and O–H groups in total. The predicted molar refractivity (Wildman–Crippen MR) is 304 cm³/mol. The Bertz CT molecular complexity index is 2690. The lowest BCUT2D eigenvalue weighted by Gasteiger charge is -2.34. The predicted octanol–water partition coefficient (Wildman–Crippen LogP) is 13.5. The van der Waals surface area contributed by atoms with Gasteiger partial charge in [0.05, 0.1) is 59.4 Å². The van der Waals surface area contributed by atoms with E-state index in [1.54, 1.807) is 21.9 Å². The zero-order valence-electron chi connectivity index (χ0n) is 47.5. The lowest BCUT2D eigenvalue weighted by Crippen LogP contribution is -2.37. The summed E-state index contributed by atoms with van der Waals surface area (Å²) in [7, 11) is -1.65. The molecule has 3 aliphatic rings. The first-order valence-corrected chi connectivity index (χ1v) is 32.8. The van der Waals surface area contributed by atoms with E-state index >= 15 is 8.78 Å². The van der Waals surface area contributed by atoms with Crippen molar-refractivity contribution in [3.05, 3.63) is 88.5 Å². The van der Waals surface area contributed by atoms with Crippen LogP contribution in [-0.4, -0.2) is 128 Å². The zero-order valence-corrected chi connectivity index (χ0v) is 49.1. The Hall–Kier alpha value is -4.58. The fraction of sp³-hybridized carbons (Fsp3) is 0.621. The molecule has 0 aliphatic carbocycles. The third-order valence-electron chi connectivity index (χ3n) is 14.4. The van der Waals surface area contributed by atoms with Crippen LogP contribution in [0.5, 0.6) is 0 Å². The molecule has 414 valence electrons. The van der Waals surface area contributed by atoms with E-state index in [-0.39, 0.29) is 18.9 Å². The van der Waals surface area contributed by atoms with Gasteiger partial charge in [-0.25, -0.2) is 48.4 Å². The molecule has 3 saturated heterocycles. The Labute approximate surface area is 448 Å². The Balaban J connectivity index is 1.21. The van der Waals surface area contributed by atoms with Crippen LogP contribution in [0.3, 0.4) is 0 Å². The van der Waals surface area contributed by atoms with Gasteiger partial charge in [-0.1, -0.05) is 32.9 Å². The number of amides is 2. The minimum atomic E-state index is -0.826. The average molecular weight is 1080 g/mol. The minimum Gasteiger partial charge on any atom is -0.444 e. The summed E-state index contributed by atoms with van der Waals surface area (Å²) >= 11 is 0. The fourth-order valence-electron chi connectivity index (χ4n) is 10.6. The van der Waals surface area contributed by atoms with Crippen LogP contribution >= 0.6 is 20.1 Å². The molecule has 0 bridgehead atoms. The smallest absolute Gasteiger partial charge is 0.410 e. The molecule has 75 heavy (non-hydrogen) atoms. The molecule has 13 nitrogen and oxygen atoms in total. The van der Waals surface area contributed by atoms with Gasteiger partial charge in [-0.3, -0.25) is 9.80 Å². The molecular formula is C58H85F2N7O6S2. The van der Waals surface area contributed by atoms with Gasteiger partial charge in [0.1, 0.15) is 47.9 Å². The maximum absolute atomic E-state index is 17.4. The second kappa shape index (κ2) is 21.7. The SMILES string of the molecule is CC(C)(C)OC(=O)N1CCC[C@H]1c1nc2cc([C@H]3CC[C@H](c4cc5nc([C@@H]6CCCN6C(=O)OC(C)(C)C)n(COCCS(C)(C)C)c5cc4F)N3c3ccc(C(C)(C)C)cc3)c(F)cc2n1COCCS(C)(C)C. The Morgan fingerprint density at radius 3 is 1.35 bits per heavy atom. The maximum atomic E-state index is 17.4. The van der Waals surface area contributed by atoms with Gasteiger partial charge in [0.15, 0.2) is 0 Å². The van der Waals surface area contributed by atoms with E-state index in [0.29, 0.717) is 96.8 Å². The maximum Gasteiger partial charge on any atom is 0.410 e. The van der Waals surface area contributed by atoms with Crippen LogP contribution in [0, 0.1) is 11.6 Å². The molecule has 5 aromatic rings. The second-order valence-corrected chi connectivity index (χ2v) is 34.8. The monoisotopic (exact) mass is 1080 g/mol. The van der Waals surface area contributed by atoms with Crippen LogP contribution < -0.4 is 4.90 Å². The first-order valence-electron chi connectivity index (χ1n) is 26.7. The van der Waals surface area contributed by atoms with E-state index in [4.69, 9.17) is 28.9 Å². The summed E-state index contributed by atoms with van der Waals surface area (Å²) in [5.74, 6) is 2.29. The number of hydrogen-bond donors (Lipinski definition) is 0. The van der Waals surface area contributed by atoms with Crippen LogP contribution in [0.2, 0.25) is 0 Å². The van der Waals surface area contributed by atoms with Crippen molar-refractivity contribution in [1.82, 2.24) is 28.9 Å². The van der Waals surface area contributed by atoms with E-state index in [2.05, 4.69) is 87.5 Å². The van der Waals surface area contributed by atoms with Crippen molar-refractivity contribution in [2.75, 3.05) is 80.2 Å². The van der Waals surface area contributed by atoms with E-state index in [1.165, 1.54) is 0 Å². The van der Waals surface area contributed by atoms with Gasteiger partial charge in [-0.15, -0.1) is 0 Å². The molecule has 4 atom stereocenters. The summed E-state index contributed by atoms with van der Waals surface area (Å²) in [5.41, 5.74) is 3.78. The van der Waals surface area contributed by atoms with Crippen molar-refractivity contribution >= 4 is 60.0 Å². The molecular weight excluding hydrogens is 993 g/mol. The number of rotatable bonds is 15. The summed E-state index contributed by atoms with van der Waals surface area (Å²) in [4.78, 5) is 43.5. The normalized spacial score (nSPS) is 20.5. The third-order valence-corrected chi connectivity index (χ3v) is 17.2. The molecule has 0 unspecified atom stereocenters. The van der Waals surface area contributed by atoms with Gasteiger partial charge < -0.3 is 33.0 Å². The highest BCUT2D eigenvalue weighted by atomic mass is 32.3. The lowest BCUT2D eigenvalue weighted by atomic mass is 9.87. The molecule has 2 amide bonds. The van der Waals surface area contributed by atoms with Crippen LogP contribution in [0.15, 0.2) is 48.5 Å². The first kappa shape index (κ1) is 56.6. The zero-order chi connectivity index (χ0) is 54.6. The molecule has 8 rings (SSSR count). The number of likely N-dealkylation sites (tertiary alicyclic amines) is 2. The first-order chi connectivity index (χ1) is 35.0. The number of aromatic nitrogens is 4. The molecule has 3 aromatic carbocycles. The molecule has 0 spiro atoms. The number of fused-ring (bicyclic) bond motifs is 2. The van der Waals surface area contributed by atoms with Crippen LogP contribution in [0.4, 0.5) is 24.1 Å². The van der Waals surface area contributed by atoms with Crippen molar-refractivity contribution in [1.29, 1.82) is 0 Å². The summed E-state index contributed by atoms with van der Waals surface area (Å²) < 4.78 is 63.2. The summed E-state index contributed by atoms with van der Waals surface area (Å²) in [6, 6.07) is 13.4. The number of benzene rings is 3. The van der Waals surface area contributed by atoms with Crippen molar-refractivity contribution in [2.24, 2.45) is 0 Å². The average Bonchev–Trinajstić information content (AvgIpc) is 4.14. The lowest BCUT2D eigenvalue weighted by molar-refractivity contribution is 0.0196. The molecule has 0 radical (unpaired) electrons. The van der Waals surface area contributed by atoms with Crippen LogP contribution in [0.1, 0.15) is 153 Å². The van der Waals surface area contributed by atoms with Crippen molar-refractivity contribution in [3.63, 3.8) is 0 Å². The minimum absolute atomic E-state index is 0.115. The highest BCUT2D eigenvalue weighted by Crippen LogP contribution is 2.50. The van der Waals surface area contributed by atoms with E-state index in [1.807, 2.05) is 62.8 Å². The molecule has 2 aromatic heterocycles. The fourth-order valence-corrected chi connectivity index (χ4v) is 11.9. The van der Waals surface area contributed by atoms with Gasteiger partial charge in [-0.05, 0) is 153 Å². The Kier molecular flexibility index (Phi) is 16.4. The number of imidazole rings is 2. The molecule has 5 heterocycles. The number of halogens is 2. The standard InChI is InChI=1S/C58H85F2N7O6S2/c1-56(2,3)38-20-22-39(23-21-38)67-46(40-32-44-50(34-42(40)59)65(36-70-28-30-74(10,11)12)52(61-44)48-18-16-26-63(48)54(68)72-57(4,5)6)24-25-47(67)41-33-45-51(35-43(41)60)66(37-71-29-31-75(13,14)15)53(62-45)49-19-17-27-64(49)55(69)73-58(7,8)9/h20-23,32-35,46-49H,16-19,24-31,36-37H2,1-15H3/t46-,47-,48+,49+/m1/s1. The number of carbonyl (C=O) groups is 2. The van der Waals surface area contributed by atoms with Crippen LogP contribution in [-0.2, 0) is 37.8 Å². The Morgan fingerprint density at radius 1 is 0.587 bits per heavy atom. The van der Waals surface area contributed by atoms with E-state index < -0.39 is 79.2 Å². The largest absolute Gasteiger partial charge is 0.444 e. The van der Waals surface area contributed by atoms with Gasteiger partial charge in [0.25, 0.3) is 0 Å². The van der Waals surface area contributed by atoms with Gasteiger partial charge in [0.2, 0.25) is 0 Å². The number of anilines is 1. The third kappa shape index (κ3) is 13.2. The number of carbonyl (C=O) groups excluding carboxylic acids is 2. The molecule has 3 fully saturated rings. The van der Waals surface area contributed by atoms with Gasteiger partial charge >= 0.3 is 12.2 Å². The van der Waals surface area contributed by atoms with Crippen molar-refractivity contribution in [2.45, 2.75) is 155 Å². The summed E-state index contributed by atoms with van der Waals surface area (Å²) in [5, 5.41) is 0. The molecule has 3 aliphatic heterocycles. The van der Waals surface area contributed by atoms with Crippen molar-refractivity contribution < 1.29 is 37.3 Å². The second-order valence-electron chi connectivity index (χ2n) is 25.7. The highest BCUT2D eigenvalue weighted by molar-refractivity contribution is 8.32. The molecule has 0 saturated carbocycles.